The van der Waals surface area contributed by atoms with Crippen molar-refractivity contribution in [2.45, 2.75) is 38.6 Å². The van der Waals surface area contributed by atoms with Gasteiger partial charge >= 0.3 is 0 Å². The average Bonchev–Trinajstić information content (AvgIpc) is 2.23. The highest BCUT2D eigenvalue weighted by Crippen LogP contribution is 2.30. The van der Waals surface area contributed by atoms with Gasteiger partial charge in [0.1, 0.15) is 0 Å². The fraction of sp³-hybridized carbons (Fsp3) is 0.571. The van der Waals surface area contributed by atoms with Gasteiger partial charge in [0.25, 0.3) is 0 Å². The Bertz CT molecular complexity index is 316. The zero-order valence-corrected chi connectivity index (χ0v) is 10.7. The van der Waals surface area contributed by atoms with Crippen LogP contribution in [-0.4, -0.2) is 18.0 Å². The Morgan fingerprint density at radius 3 is 2.44 bits per heavy atom. The molecule has 2 rings (SSSR count). The van der Waals surface area contributed by atoms with Gasteiger partial charge in [-0.15, -0.1) is 0 Å². The zero-order valence-electron chi connectivity index (χ0n) is 9.95. The van der Waals surface area contributed by atoms with E-state index in [1.807, 2.05) is 12.1 Å². The molecule has 0 radical (unpaired) electrons. The summed E-state index contributed by atoms with van der Waals surface area (Å²) >= 11 is 5.93. The lowest BCUT2D eigenvalue weighted by Gasteiger charge is -2.39. The monoisotopic (exact) mass is 237 g/mol. The molecule has 0 N–H and O–H groups in total. The van der Waals surface area contributed by atoms with Crippen LogP contribution in [0.15, 0.2) is 24.3 Å². The Kier molecular flexibility index (Phi) is 4.25. The minimum atomic E-state index is 0.617. The summed E-state index contributed by atoms with van der Waals surface area (Å²) < 4.78 is 0. The second-order valence-electron chi connectivity index (χ2n) is 4.60. The van der Waals surface area contributed by atoms with Crippen LogP contribution in [0.2, 0.25) is 5.02 Å². The fourth-order valence-corrected chi connectivity index (χ4v) is 2.42. The molecule has 1 aromatic carbocycles. The van der Waals surface area contributed by atoms with Crippen molar-refractivity contribution in [1.29, 1.82) is 0 Å². The quantitative estimate of drug-likeness (QED) is 0.739. The first-order valence-electron chi connectivity index (χ1n) is 6.31. The Balaban J connectivity index is 2.07. The molecule has 1 heterocycles. The molecular weight excluding hydrogens is 218 g/mol. The Morgan fingerprint density at radius 1 is 1.25 bits per heavy atom. The fourth-order valence-electron chi connectivity index (χ4n) is 2.29. The maximum atomic E-state index is 5.93. The summed E-state index contributed by atoms with van der Waals surface area (Å²) in [5, 5.41) is 0.835. The molecule has 16 heavy (non-hydrogen) atoms. The average molecular weight is 238 g/mol. The lowest BCUT2D eigenvalue weighted by Crippen LogP contribution is -2.40. The molecule has 1 unspecified atom stereocenters. The zero-order chi connectivity index (χ0) is 11.4. The molecule has 1 fully saturated rings. The van der Waals surface area contributed by atoms with Crippen LogP contribution in [0, 0.1) is 0 Å². The summed E-state index contributed by atoms with van der Waals surface area (Å²) in [6, 6.07) is 9.00. The summed E-state index contributed by atoms with van der Waals surface area (Å²) in [5.41, 5.74) is 1.43. The minimum absolute atomic E-state index is 0.617. The maximum absolute atomic E-state index is 5.93. The summed E-state index contributed by atoms with van der Waals surface area (Å²) in [5.74, 6) is 0. The molecule has 1 aliphatic rings. The largest absolute Gasteiger partial charge is 0.296 e. The number of hydrogen-bond acceptors (Lipinski definition) is 1. The van der Waals surface area contributed by atoms with E-state index >= 15 is 0 Å². The summed E-state index contributed by atoms with van der Waals surface area (Å²) in [7, 11) is 0. The van der Waals surface area contributed by atoms with Crippen molar-refractivity contribution in [3.63, 3.8) is 0 Å². The van der Waals surface area contributed by atoms with Gasteiger partial charge in [-0.05, 0) is 43.6 Å². The van der Waals surface area contributed by atoms with E-state index in [1.54, 1.807) is 0 Å². The highest BCUT2D eigenvalue weighted by atomic mass is 35.5. The first kappa shape index (κ1) is 11.9. The van der Waals surface area contributed by atoms with Crippen LogP contribution in [0.3, 0.4) is 0 Å². The van der Waals surface area contributed by atoms with E-state index in [4.69, 9.17) is 11.6 Å². The molecule has 0 spiro atoms. The Hall–Kier alpha value is -0.530. The number of rotatable bonds is 5. The molecule has 1 saturated heterocycles. The molecular formula is C14H20ClN. The molecule has 88 valence electrons. The molecule has 2 heteroatoms. The first-order chi connectivity index (χ1) is 7.81. The van der Waals surface area contributed by atoms with E-state index in [0.29, 0.717) is 6.04 Å². The lowest BCUT2D eigenvalue weighted by molar-refractivity contribution is 0.110. The predicted molar refractivity (Wildman–Crippen MR) is 69.9 cm³/mol. The van der Waals surface area contributed by atoms with Crippen LogP contribution < -0.4 is 0 Å². The highest BCUT2D eigenvalue weighted by Gasteiger charge is 2.24. The number of unbranched alkanes of at least 4 members (excludes halogenated alkanes) is 1. The number of benzene rings is 1. The molecule has 0 aromatic heterocycles. The first-order valence-corrected chi connectivity index (χ1v) is 6.68. The maximum Gasteiger partial charge on any atom is 0.0406 e. The normalized spacial score (nSPS) is 18.1. The Morgan fingerprint density at radius 2 is 1.94 bits per heavy atom. The van der Waals surface area contributed by atoms with E-state index in [-0.39, 0.29) is 0 Å². The third kappa shape index (κ3) is 2.78. The van der Waals surface area contributed by atoms with Crippen LogP contribution in [0.5, 0.6) is 0 Å². The molecule has 1 aliphatic heterocycles. The van der Waals surface area contributed by atoms with Crippen molar-refractivity contribution < 1.29 is 0 Å². The molecule has 1 atom stereocenters. The lowest BCUT2D eigenvalue weighted by atomic mass is 9.97. The third-order valence-corrected chi connectivity index (χ3v) is 3.67. The molecule has 0 aliphatic carbocycles. The van der Waals surface area contributed by atoms with Gasteiger partial charge < -0.3 is 0 Å². The van der Waals surface area contributed by atoms with E-state index < -0.39 is 0 Å². The summed E-state index contributed by atoms with van der Waals surface area (Å²) in [4.78, 5) is 2.58. The van der Waals surface area contributed by atoms with Gasteiger partial charge in [-0.1, -0.05) is 43.5 Å². The summed E-state index contributed by atoms with van der Waals surface area (Å²) in [6.07, 6.45) is 5.22. The molecule has 1 aromatic rings. The molecule has 0 bridgehead atoms. The van der Waals surface area contributed by atoms with Crippen molar-refractivity contribution in [3.05, 3.63) is 34.9 Å². The van der Waals surface area contributed by atoms with Gasteiger partial charge in [0.15, 0.2) is 0 Å². The van der Waals surface area contributed by atoms with E-state index in [2.05, 4.69) is 24.0 Å². The van der Waals surface area contributed by atoms with E-state index in [1.165, 1.54) is 44.3 Å². The van der Waals surface area contributed by atoms with Gasteiger partial charge in [-0.2, -0.15) is 0 Å². The van der Waals surface area contributed by atoms with E-state index in [0.717, 1.165) is 5.02 Å². The topological polar surface area (TPSA) is 3.24 Å². The number of halogens is 1. The van der Waals surface area contributed by atoms with Crippen molar-refractivity contribution in [3.8, 4) is 0 Å². The highest BCUT2D eigenvalue weighted by molar-refractivity contribution is 6.30. The van der Waals surface area contributed by atoms with Gasteiger partial charge in [-0.25, -0.2) is 0 Å². The smallest absolute Gasteiger partial charge is 0.0406 e. The van der Waals surface area contributed by atoms with E-state index in [9.17, 15) is 0 Å². The van der Waals surface area contributed by atoms with Crippen LogP contribution in [-0.2, 0) is 0 Å². The van der Waals surface area contributed by atoms with Gasteiger partial charge in [0.2, 0.25) is 0 Å². The number of hydrogen-bond donors (Lipinski definition) is 0. The number of likely N-dealkylation sites (tertiary alicyclic amines) is 1. The van der Waals surface area contributed by atoms with Crippen LogP contribution in [0.4, 0.5) is 0 Å². The van der Waals surface area contributed by atoms with Crippen LogP contribution in [0.1, 0.15) is 44.2 Å². The third-order valence-electron chi connectivity index (χ3n) is 3.42. The van der Waals surface area contributed by atoms with Crippen LogP contribution >= 0.6 is 11.6 Å². The molecule has 0 saturated carbocycles. The van der Waals surface area contributed by atoms with Crippen molar-refractivity contribution in [2.24, 2.45) is 0 Å². The summed E-state index contributed by atoms with van der Waals surface area (Å²) in [6.45, 7) is 4.78. The number of nitrogens with zero attached hydrogens (tertiary/aromatic N) is 1. The Labute approximate surface area is 103 Å². The van der Waals surface area contributed by atoms with Crippen LogP contribution in [0.25, 0.3) is 0 Å². The SMILES string of the molecule is CCCCC(c1ccc(Cl)cc1)N1CCC1. The second kappa shape index (κ2) is 5.70. The standard InChI is InChI=1S/C14H20ClN/c1-2-3-5-14(16-10-4-11-16)12-6-8-13(15)9-7-12/h6-9,14H,2-5,10-11H2,1H3. The molecule has 1 nitrogen and oxygen atoms in total. The van der Waals surface area contributed by atoms with Gasteiger partial charge in [-0.3, -0.25) is 4.90 Å². The molecule has 0 amide bonds. The predicted octanol–water partition coefficient (Wildman–Crippen LogP) is 4.28. The van der Waals surface area contributed by atoms with Gasteiger partial charge in [0.05, 0.1) is 0 Å². The van der Waals surface area contributed by atoms with Crippen molar-refractivity contribution >= 4 is 11.6 Å². The van der Waals surface area contributed by atoms with Gasteiger partial charge in [0, 0.05) is 11.1 Å². The second-order valence-corrected chi connectivity index (χ2v) is 5.04. The van der Waals surface area contributed by atoms with Crippen molar-refractivity contribution in [2.75, 3.05) is 13.1 Å². The van der Waals surface area contributed by atoms with Crippen molar-refractivity contribution in [1.82, 2.24) is 4.90 Å². The minimum Gasteiger partial charge on any atom is -0.296 e.